The Hall–Kier alpha value is -0.390. The molecule has 0 radical (unpaired) electrons. The smallest absolute Gasteiger partial charge is 0.217 e. The van der Waals surface area contributed by atoms with E-state index in [1.165, 1.54) is 38.5 Å². The summed E-state index contributed by atoms with van der Waals surface area (Å²) in [5.74, 6) is 0. The highest BCUT2D eigenvalue weighted by Gasteiger charge is 1.91. The van der Waals surface area contributed by atoms with Crippen LogP contribution in [0.5, 0.6) is 0 Å². The van der Waals surface area contributed by atoms with E-state index in [1.54, 1.807) is 0 Å². The Balaban J connectivity index is 3.20. The Morgan fingerprint density at radius 1 is 1.00 bits per heavy atom. The molecule has 0 spiro atoms. The van der Waals surface area contributed by atoms with E-state index in [0.29, 0.717) is 6.42 Å². The van der Waals surface area contributed by atoms with Crippen molar-refractivity contribution in [1.29, 1.82) is 0 Å². The fraction of sp³-hybridized carbons (Fsp3) is 0.833. The van der Waals surface area contributed by atoms with E-state index in [4.69, 9.17) is 0 Å². The van der Waals surface area contributed by atoms with Crippen LogP contribution in [0.3, 0.4) is 0 Å². The van der Waals surface area contributed by atoms with Crippen molar-refractivity contribution in [3.63, 3.8) is 0 Å². The molecule has 0 saturated carbocycles. The van der Waals surface area contributed by atoms with Crippen LogP contribution in [0.2, 0.25) is 0 Å². The van der Waals surface area contributed by atoms with Gasteiger partial charge in [-0.15, -0.1) is 0 Å². The van der Waals surface area contributed by atoms with Gasteiger partial charge in [0.05, 0.1) is 6.61 Å². The average Bonchev–Trinajstić information content (AvgIpc) is 2.24. The van der Waals surface area contributed by atoms with Crippen LogP contribution in [0.1, 0.15) is 58.3 Å². The molecule has 0 bridgehead atoms. The lowest BCUT2D eigenvalue weighted by Gasteiger charge is -2.04. The average molecular weight is 263 g/mol. The molecule has 0 aliphatic carbocycles. The molecule has 0 aliphatic rings. The minimum absolute atomic E-state index is 0.0567. The van der Waals surface area contributed by atoms with E-state index in [-0.39, 0.29) is 6.61 Å². The summed E-state index contributed by atoms with van der Waals surface area (Å²) in [5, 5.41) is 0. The first kappa shape index (κ1) is 16.6. The molecule has 0 atom stereocenters. The lowest BCUT2D eigenvalue weighted by Crippen LogP contribution is -2.04. The van der Waals surface area contributed by atoms with Gasteiger partial charge >= 0.3 is 0 Å². The van der Waals surface area contributed by atoms with Gasteiger partial charge in [-0.25, -0.2) is 8.42 Å². The minimum atomic E-state index is -4.52. The summed E-state index contributed by atoms with van der Waals surface area (Å²) >= 11 is 0. The molecule has 0 amide bonds. The largest absolute Gasteiger partial charge is 0.726 e. The van der Waals surface area contributed by atoms with Gasteiger partial charge in [-0.2, -0.15) is 0 Å². The van der Waals surface area contributed by atoms with Crippen LogP contribution in [-0.4, -0.2) is 19.6 Å². The van der Waals surface area contributed by atoms with Crippen molar-refractivity contribution in [3.05, 3.63) is 12.2 Å². The van der Waals surface area contributed by atoms with Crippen molar-refractivity contribution in [3.8, 4) is 0 Å². The highest BCUT2D eigenvalue weighted by molar-refractivity contribution is 7.80. The molecular weight excluding hydrogens is 240 g/mol. The van der Waals surface area contributed by atoms with Crippen LogP contribution in [0.4, 0.5) is 0 Å². The molecular formula is C12H23O4S-. The molecule has 0 unspecified atom stereocenters. The fourth-order valence-electron chi connectivity index (χ4n) is 1.50. The maximum absolute atomic E-state index is 10.1. The quantitative estimate of drug-likeness (QED) is 0.248. The molecule has 0 fully saturated rings. The van der Waals surface area contributed by atoms with Gasteiger partial charge in [-0.1, -0.05) is 51.2 Å². The summed E-state index contributed by atoms with van der Waals surface area (Å²) in [6.07, 6.45) is 13.0. The van der Waals surface area contributed by atoms with Gasteiger partial charge in [-0.05, 0) is 19.3 Å². The summed E-state index contributed by atoms with van der Waals surface area (Å²) < 4.78 is 34.3. The molecule has 0 aromatic carbocycles. The van der Waals surface area contributed by atoms with E-state index >= 15 is 0 Å². The Morgan fingerprint density at radius 3 is 2.24 bits per heavy atom. The second-order valence-corrected chi connectivity index (χ2v) is 5.10. The Kier molecular flexibility index (Phi) is 10.5. The minimum Gasteiger partial charge on any atom is -0.726 e. The third kappa shape index (κ3) is 15.6. The Morgan fingerprint density at radius 2 is 1.59 bits per heavy atom. The number of hydrogen-bond acceptors (Lipinski definition) is 4. The number of hydrogen-bond donors (Lipinski definition) is 0. The van der Waals surface area contributed by atoms with Crippen molar-refractivity contribution >= 4 is 10.4 Å². The summed E-state index contributed by atoms with van der Waals surface area (Å²) in [5.41, 5.74) is 0. The van der Waals surface area contributed by atoms with Crippen LogP contribution in [0, 0.1) is 0 Å². The fourth-order valence-corrected chi connectivity index (χ4v) is 1.80. The molecule has 102 valence electrons. The van der Waals surface area contributed by atoms with Gasteiger partial charge in [0.1, 0.15) is 0 Å². The maximum Gasteiger partial charge on any atom is 0.217 e. The molecule has 0 N–H and O–H groups in total. The second kappa shape index (κ2) is 10.7. The van der Waals surface area contributed by atoms with Crippen LogP contribution >= 0.6 is 0 Å². The first-order valence-corrected chi connectivity index (χ1v) is 7.65. The first-order valence-electron chi connectivity index (χ1n) is 6.31. The molecule has 0 aromatic rings. The predicted molar refractivity (Wildman–Crippen MR) is 67.4 cm³/mol. The number of unbranched alkanes of at least 4 members (excludes halogenated alkanes) is 6. The number of rotatable bonds is 11. The van der Waals surface area contributed by atoms with Crippen LogP contribution in [-0.2, 0) is 14.6 Å². The Labute approximate surface area is 105 Å². The maximum atomic E-state index is 10.1. The van der Waals surface area contributed by atoms with Gasteiger partial charge < -0.3 is 4.55 Å². The van der Waals surface area contributed by atoms with E-state index in [9.17, 15) is 13.0 Å². The third-order valence-electron chi connectivity index (χ3n) is 2.40. The summed E-state index contributed by atoms with van der Waals surface area (Å²) in [6.45, 7) is 2.14. The van der Waals surface area contributed by atoms with Crippen molar-refractivity contribution < 1.29 is 17.2 Å². The van der Waals surface area contributed by atoms with Gasteiger partial charge in [0.15, 0.2) is 0 Å². The molecule has 0 rings (SSSR count). The summed E-state index contributed by atoms with van der Waals surface area (Å²) in [4.78, 5) is 0. The molecule has 5 heteroatoms. The standard InChI is InChI=1S/C12H24O4S/c1-2-3-4-5-6-7-8-9-10-11-12-16-17(13,14)15/h9-10H,2-8,11-12H2,1H3,(H,13,14,15)/p-1/b10-9-. The topological polar surface area (TPSA) is 66.4 Å². The van der Waals surface area contributed by atoms with Gasteiger partial charge in [0.25, 0.3) is 0 Å². The van der Waals surface area contributed by atoms with Crippen molar-refractivity contribution in [2.24, 2.45) is 0 Å². The molecule has 17 heavy (non-hydrogen) atoms. The first-order chi connectivity index (χ1) is 8.06. The summed E-state index contributed by atoms with van der Waals surface area (Å²) in [7, 11) is -4.52. The zero-order valence-electron chi connectivity index (χ0n) is 10.6. The Bertz CT molecular complexity index is 283. The molecule has 0 heterocycles. The lowest BCUT2D eigenvalue weighted by molar-refractivity contribution is 0.266. The van der Waals surface area contributed by atoms with E-state index in [2.05, 4.69) is 11.1 Å². The van der Waals surface area contributed by atoms with E-state index in [1.807, 2.05) is 12.2 Å². The monoisotopic (exact) mass is 263 g/mol. The van der Waals surface area contributed by atoms with Gasteiger partial charge in [-0.3, -0.25) is 4.18 Å². The molecule has 4 nitrogen and oxygen atoms in total. The SMILES string of the molecule is CCCCCCCC/C=C\CCOS(=O)(=O)[O-]. The predicted octanol–water partition coefficient (Wildman–Crippen LogP) is 3.16. The van der Waals surface area contributed by atoms with Crippen molar-refractivity contribution in [2.45, 2.75) is 58.3 Å². The van der Waals surface area contributed by atoms with Crippen LogP contribution in [0.25, 0.3) is 0 Å². The zero-order chi connectivity index (χ0) is 13.0. The van der Waals surface area contributed by atoms with Gasteiger partial charge in [0.2, 0.25) is 10.4 Å². The highest BCUT2D eigenvalue weighted by Crippen LogP contribution is 2.07. The third-order valence-corrected chi connectivity index (χ3v) is 2.86. The zero-order valence-corrected chi connectivity index (χ0v) is 11.4. The van der Waals surface area contributed by atoms with Crippen molar-refractivity contribution in [1.82, 2.24) is 0 Å². The molecule has 0 aliphatic heterocycles. The van der Waals surface area contributed by atoms with Gasteiger partial charge in [0, 0.05) is 0 Å². The van der Waals surface area contributed by atoms with Crippen LogP contribution in [0.15, 0.2) is 12.2 Å². The number of allylic oxidation sites excluding steroid dienone is 1. The second-order valence-electron chi connectivity index (χ2n) is 4.05. The van der Waals surface area contributed by atoms with Crippen LogP contribution < -0.4 is 0 Å². The normalized spacial score (nSPS) is 12.4. The molecule has 0 saturated heterocycles. The van der Waals surface area contributed by atoms with E-state index < -0.39 is 10.4 Å². The highest BCUT2D eigenvalue weighted by atomic mass is 32.3. The lowest BCUT2D eigenvalue weighted by atomic mass is 10.1. The van der Waals surface area contributed by atoms with Crippen molar-refractivity contribution in [2.75, 3.05) is 6.61 Å². The molecule has 0 aromatic heterocycles. The summed E-state index contributed by atoms with van der Waals surface area (Å²) in [6, 6.07) is 0. The van der Waals surface area contributed by atoms with E-state index in [0.717, 1.165) is 6.42 Å².